The molecule has 0 saturated carbocycles. The van der Waals surface area contributed by atoms with Crippen molar-refractivity contribution in [2.24, 2.45) is 0 Å². The average molecular weight is 204 g/mol. The van der Waals surface area contributed by atoms with Crippen LogP contribution in [0.25, 0.3) is 0 Å². The Kier molecular flexibility index (Phi) is 3.39. The summed E-state index contributed by atoms with van der Waals surface area (Å²) < 4.78 is 0. The monoisotopic (exact) mass is 204 g/mol. The van der Waals surface area contributed by atoms with Gasteiger partial charge in [-0.15, -0.1) is 0 Å². The fourth-order valence-electron chi connectivity index (χ4n) is 2.43. The molecule has 2 atom stereocenters. The zero-order valence-corrected chi connectivity index (χ0v) is 9.61. The first-order valence-corrected chi connectivity index (χ1v) is 5.74. The summed E-state index contributed by atoms with van der Waals surface area (Å²) in [6, 6.07) is 11.9. The van der Waals surface area contributed by atoms with Crippen molar-refractivity contribution in [3.8, 4) is 0 Å². The summed E-state index contributed by atoms with van der Waals surface area (Å²) in [5, 5.41) is 3.63. The molecule has 0 aromatic heterocycles. The van der Waals surface area contributed by atoms with Crippen molar-refractivity contribution in [1.82, 2.24) is 10.2 Å². The van der Waals surface area contributed by atoms with Crippen LogP contribution in [0.15, 0.2) is 30.3 Å². The number of piperidine rings is 1. The SMILES string of the molecule is CN(C)[C@H]1CCCN[C@H]1c1ccccc1. The molecule has 1 aromatic rings. The molecule has 0 radical (unpaired) electrons. The van der Waals surface area contributed by atoms with Crippen LogP contribution in [0.5, 0.6) is 0 Å². The second kappa shape index (κ2) is 4.77. The van der Waals surface area contributed by atoms with Gasteiger partial charge in [0.05, 0.1) is 0 Å². The van der Waals surface area contributed by atoms with E-state index in [1.54, 1.807) is 0 Å². The van der Waals surface area contributed by atoms with Crippen LogP contribution in [0.2, 0.25) is 0 Å². The molecular formula is C13H20N2. The number of hydrogen-bond acceptors (Lipinski definition) is 2. The minimum absolute atomic E-state index is 0.495. The molecule has 1 fully saturated rings. The number of likely N-dealkylation sites (N-methyl/N-ethyl adjacent to an activating group) is 1. The fourth-order valence-corrected chi connectivity index (χ4v) is 2.43. The molecule has 1 aromatic carbocycles. The van der Waals surface area contributed by atoms with Crippen LogP contribution in [-0.2, 0) is 0 Å². The first kappa shape index (κ1) is 10.7. The maximum atomic E-state index is 3.63. The Bertz CT molecular complexity index is 295. The lowest BCUT2D eigenvalue weighted by atomic mass is 9.92. The highest BCUT2D eigenvalue weighted by Gasteiger charge is 2.27. The van der Waals surface area contributed by atoms with Crippen LogP contribution in [0.3, 0.4) is 0 Å². The van der Waals surface area contributed by atoms with Crippen molar-refractivity contribution in [1.29, 1.82) is 0 Å². The molecule has 0 aliphatic carbocycles. The summed E-state index contributed by atoms with van der Waals surface area (Å²) >= 11 is 0. The van der Waals surface area contributed by atoms with Crippen LogP contribution >= 0.6 is 0 Å². The van der Waals surface area contributed by atoms with Crippen LogP contribution in [0.1, 0.15) is 24.4 Å². The van der Waals surface area contributed by atoms with Gasteiger partial charge < -0.3 is 10.2 Å². The van der Waals surface area contributed by atoms with Gasteiger partial charge in [0.1, 0.15) is 0 Å². The zero-order chi connectivity index (χ0) is 10.7. The molecule has 0 spiro atoms. The summed E-state index contributed by atoms with van der Waals surface area (Å²) in [6.45, 7) is 1.14. The maximum Gasteiger partial charge on any atom is 0.0477 e. The van der Waals surface area contributed by atoms with E-state index in [1.165, 1.54) is 18.4 Å². The third-order valence-electron chi connectivity index (χ3n) is 3.25. The maximum absolute atomic E-state index is 3.63. The minimum atomic E-state index is 0.495. The Labute approximate surface area is 92.3 Å². The first-order valence-electron chi connectivity index (χ1n) is 5.74. The van der Waals surface area contributed by atoms with Crippen molar-refractivity contribution in [2.75, 3.05) is 20.6 Å². The molecule has 1 aliphatic heterocycles. The molecule has 1 aliphatic rings. The van der Waals surface area contributed by atoms with Gasteiger partial charge in [-0.25, -0.2) is 0 Å². The van der Waals surface area contributed by atoms with Gasteiger partial charge in [0, 0.05) is 12.1 Å². The van der Waals surface area contributed by atoms with E-state index in [0.29, 0.717) is 12.1 Å². The topological polar surface area (TPSA) is 15.3 Å². The Morgan fingerprint density at radius 3 is 2.60 bits per heavy atom. The summed E-state index contributed by atoms with van der Waals surface area (Å²) in [5.41, 5.74) is 1.41. The lowest BCUT2D eigenvalue weighted by molar-refractivity contribution is 0.187. The van der Waals surface area contributed by atoms with Crippen molar-refractivity contribution >= 4 is 0 Å². The van der Waals surface area contributed by atoms with Crippen molar-refractivity contribution in [2.45, 2.75) is 24.9 Å². The lowest BCUT2D eigenvalue weighted by Crippen LogP contribution is -2.45. The summed E-state index contributed by atoms with van der Waals surface area (Å²) in [5.74, 6) is 0. The molecule has 2 rings (SSSR count). The zero-order valence-electron chi connectivity index (χ0n) is 9.61. The number of benzene rings is 1. The molecule has 82 valence electrons. The minimum Gasteiger partial charge on any atom is -0.309 e. The summed E-state index contributed by atoms with van der Waals surface area (Å²) in [7, 11) is 4.35. The molecule has 1 heterocycles. The Hall–Kier alpha value is -0.860. The highest BCUT2D eigenvalue weighted by atomic mass is 15.1. The van der Waals surface area contributed by atoms with E-state index in [0.717, 1.165) is 6.54 Å². The predicted octanol–water partition coefficient (Wildman–Crippen LogP) is 2.04. The molecule has 1 saturated heterocycles. The highest BCUT2D eigenvalue weighted by molar-refractivity contribution is 5.21. The number of nitrogens with one attached hydrogen (secondary N) is 1. The average Bonchev–Trinajstić information content (AvgIpc) is 2.30. The summed E-state index contributed by atoms with van der Waals surface area (Å²) in [6.07, 6.45) is 2.58. The number of hydrogen-bond donors (Lipinski definition) is 1. The van der Waals surface area contributed by atoms with Crippen molar-refractivity contribution in [3.63, 3.8) is 0 Å². The third kappa shape index (κ3) is 2.39. The molecular weight excluding hydrogens is 184 g/mol. The second-order valence-corrected chi connectivity index (χ2v) is 4.52. The fraction of sp³-hybridized carbons (Fsp3) is 0.538. The van der Waals surface area contributed by atoms with Gasteiger partial charge in [-0.2, -0.15) is 0 Å². The molecule has 2 nitrogen and oxygen atoms in total. The van der Waals surface area contributed by atoms with E-state index in [1.807, 2.05) is 0 Å². The van der Waals surface area contributed by atoms with Gasteiger partial charge in [-0.05, 0) is 39.0 Å². The molecule has 0 bridgehead atoms. The third-order valence-corrected chi connectivity index (χ3v) is 3.25. The number of rotatable bonds is 2. The molecule has 15 heavy (non-hydrogen) atoms. The van der Waals surface area contributed by atoms with Crippen LogP contribution < -0.4 is 5.32 Å². The van der Waals surface area contributed by atoms with Crippen LogP contribution in [-0.4, -0.2) is 31.6 Å². The predicted molar refractivity (Wildman–Crippen MR) is 63.9 cm³/mol. The molecule has 0 amide bonds. The van der Waals surface area contributed by atoms with E-state index < -0.39 is 0 Å². The van der Waals surface area contributed by atoms with E-state index in [2.05, 4.69) is 54.6 Å². The Balaban J connectivity index is 2.18. The van der Waals surface area contributed by atoms with E-state index in [4.69, 9.17) is 0 Å². The van der Waals surface area contributed by atoms with Gasteiger partial charge in [-0.1, -0.05) is 30.3 Å². The smallest absolute Gasteiger partial charge is 0.0477 e. The molecule has 2 heteroatoms. The van der Waals surface area contributed by atoms with Crippen molar-refractivity contribution < 1.29 is 0 Å². The standard InChI is InChI=1S/C13H20N2/c1-15(2)12-9-6-10-14-13(12)11-7-4-3-5-8-11/h3-5,7-8,12-14H,6,9-10H2,1-2H3/t12-,13-/m0/s1. The Morgan fingerprint density at radius 2 is 1.93 bits per heavy atom. The van der Waals surface area contributed by atoms with Gasteiger partial charge >= 0.3 is 0 Å². The van der Waals surface area contributed by atoms with Crippen LogP contribution in [0, 0.1) is 0 Å². The van der Waals surface area contributed by atoms with E-state index in [9.17, 15) is 0 Å². The second-order valence-electron chi connectivity index (χ2n) is 4.52. The molecule has 0 unspecified atom stereocenters. The van der Waals surface area contributed by atoms with Crippen LogP contribution in [0.4, 0.5) is 0 Å². The van der Waals surface area contributed by atoms with Gasteiger partial charge in [0.2, 0.25) is 0 Å². The van der Waals surface area contributed by atoms with Crippen molar-refractivity contribution in [3.05, 3.63) is 35.9 Å². The quantitative estimate of drug-likeness (QED) is 0.793. The first-order chi connectivity index (χ1) is 7.29. The van der Waals surface area contributed by atoms with Gasteiger partial charge in [-0.3, -0.25) is 0 Å². The Morgan fingerprint density at radius 1 is 1.20 bits per heavy atom. The molecule has 1 N–H and O–H groups in total. The van der Waals surface area contributed by atoms with E-state index >= 15 is 0 Å². The summed E-state index contributed by atoms with van der Waals surface area (Å²) in [4.78, 5) is 2.34. The largest absolute Gasteiger partial charge is 0.309 e. The van der Waals surface area contributed by atoms with E-state index in [-0.39, 0.29) is 0 Å². The lowest BCUT2D eigenvalue weighted by Gasteiger charge is -2.37. The normalized spacial score (nSPS) is 26.9. The number of nitrogens with zero attached hydrogens (tertiary/aromatic N) is 1. The van der Waals surface area contributed by atoms with Gasteiger partial charge in [0.25, 0.3) is 0 Å². The highest BCUT2D eigenvalue weighted by Crippen LogP contribution is 2.26. The van der Waals surface area contributed by atoms with Gasteiger partial charge in [0.15, 0.2) is 0 Å².